The predicted octanol–water partition coefficient (Wildman–Crippen LogP) is 1.64. The van der Waals surface area contributed by atoms with Crippen LogP contribution in [0.15, 0.2) is 24.3 Å². The molecule has 2 amide bonds. The van der Waals surface area contributed by atoms with Crippen LogP contribution in [0.3, 0.4) is 0 Å². The molecule has 0 saturated carbocycles. The smallest absolute Gasteiger partial charge is 0.318 e. The Kier molecular flexibility index (Phi) is 3.38. The normalized spacial score (nSPS) is 24.6. The van der Waals surface area contributed by atoms with E-state index in [1.807, 2.05) is 4.90 Å². The molecule has 0 radical (unpaired) electrons. The highest BCUT2D eigenvalue weighted by Crippen LogP contribution is 2.26. The lowest BCUT2D eigenvalue weighted by Crippen LogP contribution is -2.44. The molecular weight excluding hydrogens is 245 g/mol. The predicted molar refractivity (Wildman–Crippen MR) is 70.3 cm³/mol. The van der Waals surface area contributed by atoms with Crippen LogP contribution >= 0.6 is 0 Å². The van der Waals surface area contributed by atoms with E-state index in [-0.39, 0.29) is 23.9 Å². The summed E-state index contributed by atoms with van der Waals surface area (Å²) < 4.78 is 13.8. The Morgan fingerprint density at radius 3 is 2.68 bits per heavy atom. The minimum Gasteiger partial charge on any atom is -0.329 e. The molecule has 2 N–H and O–H groups in total. The average Bonchev–Trinajstić information content (AvgIpc) is 2.82. The molecule has 2 fully saturated rings. The maximum Gasteiger partial charge on any atom is 0.318 e. The molecule has 102 valence electrons. The zero-order valence-electron chi connectivity index (χ0n) is 10.7. The molecule has 2 heterocycles. The lowest BCUT2D eigenvalue weighted by Gasteiger charge is -2.30. The summed E-state index contributed by atoms with van der Waals surface area (Å²) >= 11 is 0. The molecule has 2 aliphatic heterocycles. The number of hydrogen-bond acceptors (Lipinski definition) is 2. The number of nitrogens with zero attached hydrogens (tertiary/aromatic N) is 1. The molecule has 3 rings (SSSR count). The van der Waals surface area contributed by atoms with Crippen molar-refractivity contribution in [3.8, 4) is 0 Å². The van der Waals surface area contributed by atoms with Crippen LogP contribution in [-0.2, 0) is 0 Å². The lowest BCUT2D eigenvalue weighted by atomic mass is 10.0. The number of halogens is 1. The standard InChI is InChI=1S/C14H18FN3O/c15-12-4-2-1-3-11(12)13-9-18(14(19)17-13)10-5-7-16-8-6-10/h1-4,10,13,16H,5-9H2,(H,17,19). The van der Waals surface area contributed by atoms with Gasteiger partial charge in [0.1, 0.15) is 5.82 Å². The van der Waals surface area contributed by atoms with Gasteiger partial charge in [-0.25, -0.2) is 9.18 Å². The highest BCUT2D eigenvalue weighted by Gasteiger charge is 2.35. The molecule has 2 aliphatic rings. The second-order valence-electron chi connectivity index (χ2n) is 5.16. The van der Waals surface area contributed by atoms with Crippen LogP contribution in [0.1, 0.15) is 24.4 Å². The topological polar surface area (TPSA) is 44.4 Å². The molecule has 1 unspecified atom stereocenters. The monoisotopic (exact) mass is 263 g/mol. The van der Waals surface area contributed by atoms with Gasteiger partial charge in [-0.05, 0) is 32.0 Å². The summed E-state index contributed by atoms with van der Waals surface area (Å²) in [7, 11) is 0. The first-order valence-electron chi connectivity index (χ1n) is 6.78. The number of carbonyl (C=O) groups excluding carboxylic acids is 1. The van der Waals surface area contributed by atoms with Gasteiger partial charge >= 0.3 is 6.03 Å². The fourth-order valence-corrected chi connectivity index (χ4v) is 2.92. The first-order valence-corrected chi connectivity index (χ1v) is 6.78. The Hall–Kier alpha value is -1.62. The van der Waals surface area contributed by atoms with Crippen LogP contribution in [0.25, 0.3) is 0 Å². The van der Waals surface area contributed by atoms with Gasteiger partial charge in [-0.3, -0.25) is 0 Å². The number of piperidine rings is 1. The van der Waals surface area contributed by atoms with Crippen LogP contribution in [0.5, 0.6) is 0 Å². The van der Waals surface area contributed by atoms with Crippen LogP contribution in [-0.4, -0.2) is 36.6 Å². The first-order chi connectivity index (χ1) is 9.25. The van der Waals surface area contributed by atoms with E-state index in [0.29, 0.717) is 12.1 Å². The quantitative estimate of drug-likeness (QED) is 0.852. The second kappa shape index (κ2) is 5.17. The zero-order valence-corrected chi connectivity index (χ0v) is 10.7. The first kappa shape index (κ1) is 12.4. The Morgan fingerprint density at radius 2 is 1.95 bits per heavy atom. The van der Waals surface area contributed by atoms with Crippen molar-refractivity contribution in [1.82, 2.24) is 15.5 Å². The molecule has 1 atom stereocenters. The number of urea groups is 1. The average molecular weight is 263 g/mol. The second-order valence-corrected chi connectivity index (χ2v) is 5.16. The summed E-state index contributed by atoms with van der Waals surface area (Å²) in [6.07, 6.45) is 1.94. The minimum absolute atomic E-state index is 0.0693. The molecule has 0 bridgehead atoms. The van der Waals surface area contributed by atoms with Crippen LogP contribution in [0, 0.1) is 5.82 Å². The van der Waals surface area contributed by atoms with E-state index in [1.165, 1.54) is 6.07 Å². The molecule has 1 aromatic carbocycles. The summed E-state index contributed by atoms with van der Waals surface area (Å²) in [6.45, 7) is 2.45. The fraction of sp³-hybridized carbons (Fsp3) is 0.500. The summed E-state index contributed by atoms with van der Waals surface area (Å²) in [5.41, 5.74) is 0.576. The Bertz CT molecular complexity index is 474. The molecule has 0 aliphatic carbocycles. The number of carbonyl (C=O) groups is 1. The highest BCUT2D eigenvalue weighted by molar-refractivity contribution is 5.77. The Balaban J connectivity index is 1.74. The molecule has 0 spiro atoms. The molecule has 19 heavy (non-hydrogen) atoms. The highest BCUT2D eigenvalue weighted by atomic mass is 19.1. The van der Waals surface area contributed by atoms with Crippen molar-refractivity contribution >= 4 is 6.03 Å². The summed E-state index contributed by atoms with van der Waals surface area (Å²) in [4.78, 5) is 13.9. The zero-order chi connectivity index (χ0) is 13.2. The van der Waals surface area contributed by atoms with E-state index in [4.69, 9.17) is 0 Å². The van der Waals surface area contributed by atoms with E-state index >= 15 is 0 Å². The van der Waals surface area contributed by atoms with Gasteiger partial charge in [-0.1, -0.05) is 18.2 Å². The van der Waals surface area contributed by atoms with Gasteiger partial charge in [0.15, 0.2) is 0 Å². The summed E-state index contributed by atoms with van der Waals surface area (Å²) in [6, 6.07) is 6.63. The van der Waals surface area contributed by atoms with E-state index in [9.17, 15) is 9.18 Å². The van der Waals surface area contributed by atoms with Gasteiger partial charge in [0.25, 0.3) is 0 Å². The summed E-state index contributed by atoms with van der Waals surface area (Å²) in [5, 5.41) is 6.17. The number of rotatable bonds is 2. The number of amides is 2. The van der Waals surface area contributed by atoms with Gasteiger partial charge in [0, 0.05) is 18.2 Å². The van der Waals surface area contributed by atoms with Gasteiger partial charge in [0.2, 0.25) is 0 Å². The Morgan fingerprint density at radius 1 is 1.21 bits per heavy atom. The van der Waals surface area contributed by atoms with Crippen molar-refractivity contribution in [3.63, 3.8) is 0 Å². The van der Waals surface area contributed by atoms with Crippen molar-refractivity contribution in [2.45, 2.75) is 24.9 Å². The van der Waals surface area contributed by atoms with Crippen molar-refractivity contribution in [2.24, 2.45) is 0 Å². The van der Waals surface area contributed by atoms with E-state index in [2.05, 4.69) is 10.6 Å². The van der Waals surface area contributed by atoms with Gasteiger partial charge < -0.3 is 15.5 Å². The lowest BCUT2D eigenvalue weighted by molar-refractivity contribution is 0.182. The van der Waals surface area contributed by atoms with E-state index in [0.717, 1.165) is 25.9 Å². The van der Waals surface area contributed by atoms with Crippen LogP contribution in [0.2, 0.25) is 0 Å². The number of benzene rings is 1. The molecular formula is C14H18FN3O. The maximum atomic E-state index is 13.8. The van der Waals surface area contributed by atoms with Crippen molar-refractivity contribution in [2.75, 3.05) is 19.6 Å². The number of nitrogens with one attached hydrogen (secondary N) is 2. The fourth-order valence-electron chi connectivity index (χ4n) is 2.92. The van der Waals surface area contributed by atoms with E-state index < -0.39 is 0 Å². The summed E-state index contributed by atoms with van der Waals surface area (Å²) in [5.74, 6) is -0.250. The Labute approximate surface area is 112 Å². The van der Waals surface area contributed by atoms with Crippen LogP contribution < -0.4 is 10.6 Å². The van der Waals surface area contributed by atoms with Crippen LogP contribution in [0.4, 0.5) is 9.18 Å². The molecule has 2 saturated heterocycles. The third-order valence-corrected chi connectivity index (χ3v) is 3.97. The van der Waals surface area contributed by atoms with E-state index in [1.54, 1.807) is 18.2 Å². The van der Waals surface area contributed by atoms with Gasteiger partial charge in [-0.2, -0.15) is 0 Å². The van der Waals surface area contributed by atoms with Crippen molar-refractivity contribution in [1.29, 1.82) is 0 Å². The van der Waals surface area contributed by atoms with Crippen molar-refractivity contribution < 1.29 is 9.18 Å². The van der Waals surface area contributed by atoms with Gasteiger partial charge in [0.05, 0.1) is 6.04 Å². The SMILES string of the molecule is O=C1NC(c2ccccc2F)CN1C1CCNCC1. The third kappa shape index (κ3) is 2.42. The van der Waals surface area contributed by atoms with Gasteiger partial charge in [-0.15, -0.1) is 0 Å². The minimum atomic E-state index is -0.250. The molecule has 5 heteroatoms. The molecule has 0 aromatic heterocycles. The number of hydrogen-bond donors (Lipinski definition) is 2. The van der Waals surface area contributed by atoms with Crippen molar-refractivity contribution in [3.05, 3.63) is 35.6 Å². The largest absolute Gasteiger partial charge is 0.329 e. The third-order valence-electron chi connectivity index (χ3n) is 3.97. The maximum absolute atomic E-state index is 13.8. The molecule has 4 nitrogen and oxygen atoms in total. The molecule has 1 aromatic rings.